The van der Waals surface area contributed by atoms with Crippen LogP contribution in [0.15, 0.2) is 17.5 Å². The number of aromatic nitrogens is 3. The molecule has 1 aliphatic rings. The number of hydrogen-bond donors (Lipinski definition) is 2. The van der Waals surface area contributed by atoms with Crippen LogP contribution in [0.3, 0.4) is 0 Å². The lowest BCUT2D eigenvalue weighted by atomic mass is 10.0. The third-order valence-electron chi connectivity index (χ3n) is 3.42. The van der Waals surface area contributed by atoms with Crippen molar-refractivity contribution in [1.29, 1.82) is 0 Å². The van der Waals surface area contributed by atoms with Crippen LogP contribution in [0.4, 0.5) is 0 Å². The first kappa shape index (κ1) is 11.9. The molecule has 96 valence electrons. The Kier molecular flexibility index (Phi) is 3.71. The van der Waals surface area contributed by atoms with E-state index in [-0.39, 0.29) is 0 Å². The molecule has 0 amide bonds. The van der Waals surface area contributed by atoms with Crippen molar-refractivity contribution >= 4 is 11.3 Å². The monoisotopic (exact) mass is 262 g/mol. The fourth-order valence-corrected chi connectivity index (χ4v) is 3.06. The van der Waals surface area contributed by atoms with Crippen LogP contribution in [-0.4, -0.2) is 27.8 Å². The molecule has 5 heteroatoms. The topological polar surface area (TPSA) is 53.6 Å². The highest BCUT2D eigenvalue weighted by Crippen LogP contribution is 2.21. The van der Waals surface area contributed by atoms with Gasteiger partial charge >= 0.3 is 0 Å². The summed E-state index contributed by atoms with van der Waals surface area (Å²) in [5, 5.41) is 12.9. The molecule has 2 aromatic heterocycles. The van der Waals surface area contributed by atoms with Crippen LogP contribution in [0, 0.1) is 0 Å². The minimum atomic E-state index is 0.661. The van der Waals surface area contributed by atoms with Gasteiger partial charge in [-0.1, -0.05) is 12.5 Å². The second-order valence-corrected chi connectivity index (χ2v) is 5.72. The van der Waals surface area contributed by atoms with Crippen molar-refractivity contribution in [3.05, 3.63) is 23.3 Å². The van der Waals surface area contributed by atoms with Crippen molar-refractivity contribution < 1.29 is 0 Å². The zero-order valence-corrected chi connectivity index (χ0v) is 11.2. The third-order valence-corrected chi connectivity index (χ3v) is 4.28. The Labute approximate surface area is 111 Å². The maximum absolute atomic E-state index is 4.55. The first-order valence-electron chi connectivity index (χ1n) is 6.60. The Balaban J connectivity index is 1.57. The molecule has 3 heterocycles. The van der Waals surface area contributed by atoms with E-state index in [1.54, 1.807) is 11.3 Å². The maximum Gasteiger partial charge on any atom is 0.191 e. The number of nitrogens with one attached hydrogen (secondary N) is 2. The van der Waals surface area contributed by atoms with E-state index in [0.717, 1.165) is 29.4 Å². The number of thiophene rings is 1. The van der Waals surface area contributed by atoms with Crippen molar-refractivity contribution in [1.82, 2.24) is 20.5 Å². The molecule has 2 N–H and O–H groups in total. The van der Waals surface area contributed by atoms with Crippen molar-refractivity contribution in [3.63, 3.8) is 0 Å². The lowest BCUT2D eigenvalue weighted by molar-refractivity contribution is 0.381. The second-order valence-electron chi connectivity index (χ2n) is 4.77. The molecule has 1 fully saturated rings. The zero-order chi connectivity index (χ0) is 12.2. The number of aromatic amines is 1. The molecule has 0 spiro atoms. The van der Waals surface area contributed by atoms with Gasteiger partial charge in [-0.05, 0) is 37.3 Å². The number of aryl methyl sites for hydroxylation is 1. The predicted molar refractivity (Wildman–Crippen MR) is 73.7 cm³/mol. The first-order chi connectivity index (χ1) is 8.92. The van der Waals surface area contributed by atoms with Gasteiger partial charge in [0.1, 0.15) is 5.82 Å². The molecule has 3 rings (SSSR count). The molecule has 1 unspecified atom stereocenters. The number of nitrogens with zero attached hydrogens (tertiary/aromatic N) is 2. The molecule has 4 nitrogen and oxygen atoms in total. The minimum absolute atomic E-state index is 0.661. The van der Waals surface area contributed by atoms with Crippen molar-refractivity contribution in [2.24, 2.45) is 0 Å². The van der Waals surface area contributed by atoms with Crippen LogP contribution in [0.25, 0.3) is 10.7 Å². The van der Waals surface area contributed by atoms with Crippen molar-refractivity contribution in [2.75, 3.05) is 6.54 Å². The van der Waals surface area contributed by atoms with E-state index in [0.29, 0.717) is 6.04 Å². The molecule has 0 saturated carbocycles. The van der Waals surface area contributed by atoms with Crippen molar-refractivity contribution in [3.8, 4) is 10.7 Å². The molecule has 0 radical (unpaired) electrons. The molecular weight excluding hydrogens is 244 g/mol. The molecule has 1 atom stereocenters. The largest absolute Gasteiger partial charge is 0.314 e. The fraction of sp³-hybridized carbons (Fsp3) is 0.538. The van der Waals surface area contributed by atoms with Crippen LogP contribution in [0.2, 0.25) is 0 Å². The van der Waals surface area contributed by atoms with Gasteiger partial charge in [0.25, 0.3) is 0 Å². The van der Waals surface area contributed by atoms with Gasteiger partial charge in [0.05, 0.1) is 4.88 Å². The summed E-state index contributed by atoms with van der Waals surface area (Å²) >= 11 is 1.68. The normalized spacial score (nSPS) is 20.1. The summed E-state index contributed by atoms with van der Waals surface area (Å²) < 4.78 is 0. The lowest BCUT2D eigenvalue weighted by Gasteiger charge is -2.22. The van der Waals surface area contributed by atoms with Gasteiger partial charge in [0, 0.05) is 12.5 Å². The Morgan fingerprint density at radius 1 is 1.39 bits per heavy atom. The van der Waals surface area contributed by atoms with Crippen molar-refractivity contribution in [2.45, 2.75) is 38.1 Å². The Hall–Kier alpha value is -1.20. The van der Waals surface area contributed by atoms with Gasteiger partial charge in [0.2, 0.25) is 0 Å². The van der Waals surface area contributed by atoms with Crippen LogP contribution >= 0.6 is 11.3 Å². The van der Waals surface area contributed by atoms with Gasteiger partial charge in [-0.25, -0.2) is 4.98 Å². The summed E-state index contributed by atoms with van der Waals surface area (Å²) in [5.74, 6) is 1.84. The number of hydrogen-bond acceptors (Lipinski definition) is 4. The molecule has 1 saturated heterocycles. The SMILES string of the molecule is c1csc(-c2n[nH]c(CCC3CCCCN3)n2)c1. The van der Waals surface area contributed by atoms with E-state index < -0.39 is 0 Å². The summed E-state index contributed by atoms with van der Waals surface area (Å²) in [7, 11) is 0. The lowest BCUT2D eigenvalue weighted by Crippen LogP contribution is -2.34. The third kappa shape index (κ3) is 2.79. The zero-order valence-electron chi connectivity index (χ0n) is 10.4. The molecule has 2 aromatic rings. The Bertz CT molecular complexity index is 471. The highest BCUT2D eigenvalue weighted by atomic mass is 32.1. The minimum Gasteiger partial charge on any atom is -0.314 e. The van der Waals surface area contributed by atoms with E-state index in [9.17, 15) is 0 Å². The highest BCUT2D eigenvalue weighted by molar-refractivity contribution is 7.13. The summed E-state index contributed by atoms with van der Waals surface area (Å²) in [6, 6.07) is 4.75. The van der Waals surface area contributed by atoms with Crippen LogP contribution in [-0.2, 0) is 6.42 Å². The van der Waals surface area contributed by atoms with Gasteiger partial charge in [0.15, 0.2) is 5.82 Å². The highest BCUT2D eigenvalue weighted by Gasteiger charge is 2.13. The summed E-state index contributed by atoms with van der Waals surface area (Å²) in [5.41, 5.74) is 0. The fourth-order valence-electron chi connectivity index (χ4n) is 2.40. The molecule has 0 aromatic carbocycles. The average Bonchev–Trinajstić information content (AvgIpc) is 3.08. The van der Waals surface area contributed by atoms with E-state index in [4.69, 9.17) is 0 Å². The summed E-state index contributed by atoms with van der Waals surface area (Å²) in [6.07, 6.45) is 6.11. The van der Waals surface area contributed by atoms with Gasteiger partial charge in [-0.2, -0.15) is 5.10 Å². The molecule has 0 aliphatic carbocycles. The standard InChI is InChI=1S/C13H18N4S/c1-2-8-14-10(4-1)6-7-12-15-13(17-16-12)11-5-3-9-18-11/h3,5,9-10,14H,1-2,4,6-8H2,(H,15,16,17). The van der Waals surface area contributed by atoms with Gasteiger partial charge in [-0.15, -0.1) is 11.3 Å². The van der Waals surface area contributed by atoms with Crippen LogP contribution in [0.1, 0.15) is 31.5 Å². The van der Waals surface area contributed by atoms with E-state index in [2.05, 4.69) is 31.9 Å². The van der Waals surface area contributed by atoms with Crippen LogP contribution < -0.4 is 5.32 Å². The average molecular weight is 262 g/mol. The number of H-pyrrole nitrogens is 1. The van der Waals surface area contributed by atoms with Gasteiger partial charge < -0.3 is 5.32 Å². The molecule has 1 aliphatic heterocycles. The number of rotatable bonds is 4. The predicted octanol–water partition coefficient (Wildman–Crippen LogP) is 2.61. The smallest absolute Gasteiger partial charge is 0.191 e. The van der Waals surface area contributed by atoms with E-state index in [1.165, 1.54) is 25.8 Å². The number of piperidine rings is 1. The quantitative estimate of drug-likeness (QED) is 0.890. The molecule has 0 bridgehead atoms. The Morgan fingerprint density at radius 3 is 3.17 bits per heavy atom. The van der Waals surface area contributed by atoms with Gasteiger partial charge in [-0.3, -0.25) is 5.10 Å². The Morgan fingerprint density at radius 2 is 2.39 bits per heavy atom. The summed E-state index contributed by atoms with van der Waals surface area (Å²) in [4.78, 5) is 5.69. The van der Waals surface area contributed by atoms with E-state index >= 15 is 0 Å². The molecule has 18 heavy (non-hydrogen) atoms. The maximum atomic E-state index is 4.55. The second kappa shape index (κ2) is 5.63. The van der Waals surface area contributed by atoms with E-state index in [1.807, 2.05) is 6.07 Å². The molecular formula is C13H18N4S. The summed E-state index contributed by atoms with van der Waals surface area (Å²) in [6.45, 7) is 1.17. The van der Waals surface area contributed by atoms with Crippen LogP contribution in [0.5, 0.6) is 0 Å². The first-order valence-corrected chi connectivity index (χ1v) is 7.48.